The van der Waals surface area contributed by atoms with Gasteiger partial charge in [-0.3, -0.25) is 4.79 Å². The summed E-state index contributed by atoms with van der Waals surface area (Å²) in [6.45, 7) is 8.59. The lowest BCUT2D eigenvalue weighted by molar-refractivity contribution is -0.129. The summed E-state index contributed by atoms with van der Waals surface area (Å²) in [4.78, 5) is 24.4. The summed E-state index contributed by atoms with van der Waals surface area (Å²) in [5.74, 6) is 1.28. The van der Waals surface area contributed by atoms with E-state index < -0.39 is 0 Å². The van der Waals surface area contributed by atoms with Crippen molar-refractivity contribution < 1.29 is 4.79 Å². The van der Waals surface area contributed by atoms with Crippen LogP contribution in [-0.4, -0.2) is 47.0 Å². The minimum absolute atomic E-state index is 0.115. The maximum atomic E-state index is 11.4. The van der Waals surface area contributed by atoms with Gasteiger partial charge in [0.2, 0.25) is 11.9 Å². The molecule has 2 N–H and O–H groups in total. The molecule has 6 nitrogen and oxygen atoms in total. The Bertz CT molecular complexity index is 735. The SMILES string of the molecule is CC(=O)N1CCN(c2nc(N)c3cc(C)c(C)cc3n2)CC1. The molecule has 1 aliphatic rings. The number of piperazine rings is 1. The fourth-order valence-corrected chi connectivity index (χ4v) is 2.76. The molecule has 6 heteroatoms. The number of nitrogens with zero attached hydrogens (tertiary/aromatic N) is 4. The van der Waals surface area contributed by atoms with Crippen molar-refractivity contribution in [2.45, 2.75) is 20.8 Å². The summed E-state index contributed by atoms with van der Waals surface area (Å²) >= 11 is 0. The van der Waals surface area contributed by atoms with Crippen molar-refractivity contribution in [2.24, 2.45) is 0 Å². The van der Waals surface area contributed by atoms with Crippen LogP contribution < -0.4 is 10.6 Å². The van der Waals surface area contributed by atoms with E-state index in [9.17, 15) is 4.79 Å². The number of carbonyl (C=O) groups excluding carboxylic acids is 1. The standard InChI is InChI=1S/C16H21N5O/c1-10-8-13-14(9-11(10)2)18-16(19-15(13)17)21-6-4-20(5-7-21)12(3)22/h8-9H,4-7H2,1-3H3,(H2,17,18,19). The van der Waals surface area contributed by atoms with Crippen LogP contribution in [0.15, 0.2) is 12.1 Å². The highest BCUT2D eigenvalue weighted by molar-refractivity contribution is 5.90. The Morgan fingerprint density at radius 3 is 2.36 bits per heavy atom. The summed E-state index contributed by atoms with van der Waals surface area (Å²) in [5.41, 5.74) is 9.37. The predicted octanol–water partition coefficient (Wildman–Crippen LogP) is 1.50. The lowest BCUT2D eigenvalue weighted by Gasteiger charge is -2.34. The van der Waals surface area contributed by atoms with E-state index in [0.717, 1.165) is 24.0 Å². The van der Waals surface area contributed by atoms with Crippen LogP contribution in [0.2, 0.25) is 0 Å². The van der Waals surface area contributed by atoms with E-state index in [1.165, 1.54) is 11.1 Å². The molecule has 1 amide bonds. The van der Waals surface area contributed by atoms with Gasteiger partial charge in [-0.25, -0.2) is 4.98 Å². The normalized spacial score (nSPS) is 15.4. The molecule has 0 bridgehead atoms. The summed E-state index contributed by atoms with van der Waals surface area (Å²) in [6, 6.07) is 4.09. The maximum absolute atomic E-state index is 11.4. The van der Waals surface area contributed by atoms with Crippen molar-refractivity contribution >= 4 is 28.6 Å². The minimum Gasteiger partial charge on any atom is -0.383 e. The molecule has 22 heavy (non-hydrogen) atoms. The number of nitrogen functional groups attached to an aromatic ring is 1. The van der Waals surface area contributed by atoms with Gasteiger partial charge in [0, 0.05) is 38.5 Å². The van der Waals surface area contributed by atoms with Gasteiger partial charge >= 0.3 is 0 Å². The Labute approximate surface area is 129 Å². The zero-order chi connectivity index (χ0) is 15.9. The van der Waals surface area contributed by atoms with Crippen LogP contribution in [0.25, 0.3) is 10.9 Å². The van der Waals surface area contributed by atoms with E-state index in [1.807, 2.05) is 11.0 Å². The quantitative estimate of drug-likeness (QED) is 0.863. The molecular formula is C16H21N5O. The van der Waals surface area contributed by atoms with Crippen molar-refractivity contribution in [2.75, 3.05) is 36.8 Å². The Balaban J connectivity index is 1.92. The van der Waals surface area contributed by atoms with E-state index in [4.69, 9.17) is 5.73 Å². The molecule has 116 valence electrons. The van der Waals surface area contributed by atoms with Crippen molar-refractivity contribution in [1.82, 2.24) is 14.9 Å². The number of anilines is 2. The number of carbonyl (C=O) groups is 1. The monoisotopic (exact) mass is 299 g/mol. The number of aromatic nitrogens is 2. The van der Waals surface area contributed by atoms with Gasteiger partial charge in [0.15, 0.2) is 0 Å². The summed E-state index contributed by atoms with van der Waals surface area (Å²) in [6.07, 6.45) is 0. The third-order valence-electron chi connectivity index (χ3n) is 4.34. The van der Waals surface area contributed by atoms with Crippen LogP contribution in [0.1, 0.15) is 18.1 Å². The molecule has 1 saturated heterocycles. The smallest absolute Gasteiger partial charge is 0.228 e. The number of aryl methyl sites for hydroxylation is 2. The first kappa shape index (κ1) is 14.6. The zero-order valence-corrected chi connectivity index (χ0v) is 13.3. The van der Waals surface area contributed by atoms with Gasteiger partial charge in [-0.05, 0) is 37.1 Å². The van der Waals surface area contributed by atoms with Crippen LogP contribution in [0.4, 0.5) is 11.8 Å². The first-order chi connectivity index (χ1) is 10.5. The highest BCUT2D eigenvalue weighted by Crippen LogP contribution is 2.25. The molecule has 0 atom stereocenters. The predicted molar refractivity (Wildman–Crippen MR) is 87.9 cm³/mol. The second-order valence-corrected chi connectivity index (χ2v) is 5.86. The zero-order valence-electron chi connectivity index (χ0n) is 13.3. The van der Waals surface area contributed by atoms with Crippen molar-refractivity contribution in [3.05, 3.63) is 23.3 Å². The van der Waals surface area contributed by atoms with E-state index >= 15 is 0 Å². The molecule has 2 aromatic rings. The van der Waals surface area contributed by atoms with Crippen LogP contribution >= 0.6 is 0 Å². The third-order valence-corrected chi connectivity index (χ3v) is 4.34. The Morgan fingerprint density at radius 2 is 1.73 bits per heavy atom. The molecule has 0 unspecified atom stereocenters. The number of rotatable bonds is 1. The largest absolute Gasteiger partial charge is 0.383 e. The van der Waals surface area contributed by atoms with Gasteiger partial charge in [-0.2, -0.15) is 4.98 Å². The third kappa shape index (κ3) is 2.56. The first-order valence-electron chi connectivity index (χ1n) is 7.50. The molecule has 0 radical (unpaired) electrons. The first-order valence-corrected chi connectivity index (χ1v) is 7.50. The van der Waals surface area contributed by atoms with Gasteiger partial charge in [-0.1, -0.05) is 0 Å². The van der Waals surface area contributed by atoms with E-state index in [0.29, 0.717) is 24.9 Å². The fourth-order valence-electron chi connectivity index (χ4n) is 2.76. The summed E-state index contributed by atoms with van der Waals surface area (Å²) < 4.78 is 0. The number of hydrogen-bond acceptors (Lipinski definition) is 5. The lowest BCUT2D eigenvalue weighted by Crippen LogP contribution is -2.48. The molecule has 1 aliphatic heterocycles. The lowest BCUT2D eigenvalue weighted by atomic mass is 10.1. The highest BCUT2D eigenvalue weighted by Gasteiger charge is 2.21. The molecule has 0 aliphatic carbocycles. The van der Waals surface area contributed by atoms with E-state index in [1.54, 1.807) is 6.92 Å². The second kappa shape index (κ2) is 5.44. The average Bonchev–Trinajstić information content (AvgIpc) is 2.49. The number of amides is 1. The summed E-state index contributed by atoms with van der Waals surface area (Å²) in [7, 11) is 0. The van der Waals surface area contributed by atoms with Crippen LogP contribution in [0.3, 0.4) is 0 Å². The topological polar surface area (TPSA) is 75.4 Å². The van der Waals surface area contributed by atoms with E-state index in [2.05, 4.69) is 34.8 Å². The molecule has 0 spiro atoms. The Hall–Kier alpha value is -2.37. The molecule has 1 fully saturated rings. The minimum atomic E-state index is 0.115. The molecule has 2 heterocycles. The van der Waals surface area contributed by atoms with Gasteiger partial charge < -0.3 is 15.5 Å². The van der Waals surface area contributed by atoms with Crippen molar-refractivity contribution in [1.29, 1.82) is 0 Å². The van der Waals surface area contributed by atoms with E-state index in [-0.39, 0.29) is 5.91 Å². The van der Waals surface area contributed by atoms with Crippen LogP contribution in [0, 0.1) is 13.8 Å². The molecular weight excluding hydrogens is 278 g/mol. The molecule has 3 rings (SSSR count). The molecule has 1 aromatic carbocycles. The fraction of sp³-hybridized carbons (Fsp3) is 0.438. The van der Waals surface area contributed by atoms with Gasteiger partial charge in [-0.15, -0.1) is 0 Å². The Morgan fingerprint density at radius 1 is 1.09 bits per heavy atom. The highest BCUT2D eigenvalue weighted by atomic mass is 16.2. The van der Waals surface area contributed by atoms with Gasteiger partial charge in [0.05, 0.1) is 5.52 Å². The van der Waals surface area contributed by atoms with Gasteiger partial charge in [0.25, 0.3) is 0 Å². The number of fused-ring (bicyclic) bond motifs is 1. The number of hydrogen-bond donors (Lipinski definition) is 1. The maximum Gasteiger partial charge on any atom is 0.228 e. The molecule has 1 aromatic heterocycles. The number of benzene rings is 1. The van der Waals surface area contributed by atoms with Crippen LogP contribution in [0.5, 0.6) is 0 Å². The molecule has 0 saturated carbocycles. The van der Waals surface area contributed by atoms with Crippen LogP contribution in [-0.2, 0) is 4.79 Å². The van der Waals surface area contributed by atoms with Crippen molar-refractivity contribution in [3.8, 4) is 0 Å². The summed E-state index contributed by atoms with van der Waals surface area (Å²) in [5, 5.41) is 0.897. The average molecular weight is 299 g/mol. The van der Waals surface area contributed by atoms with Crippen molar-refractivity contribution in [3.63, 3.8) is 0 Å². The number of nitrogens with two attached hydrogens (primary N) is 1. The van der Waals surface area contributed by atoms with Gasteiger partial charge in [0.1, 0.15) is 5.82 Å². The Kier molecular flexibility index (Phi) is 3.60. The second-order valence-electron chi connectivity index (χ2n) is 5.86.